The molecule has 33 heavy (non-hydrogen) atoms. The van der Waals surface area contributed by atoms with Gasteiger partial charge in [-0.25, -0.2) is 5.43 Å². The summed E-state index contributed by atoms with van der Waals surface area (Å²) < 4.78 is 40.8. The van der Waals surface area contributed by atoms with Gasteiger partial charge in [0.05, 0.1) is 19.9 Å². The van der Waals surface area contributed by atoms with Gasteiger partial charge in [-0.1, -0.05) is 37.3 Å². The van der Waals surface area contributed by atoms with Crippen molar-refractivity contribution in [3.63, 3.8) is 0 Å². The molecule has 172 valence electrons. The van der Waals surface area contributed by atoms with Crippen LogP contribution in [0.4, 0.5) is 0 Å². The van der Waals surface area contributed by atoms with Crippen LogP contribution in [0.5, 0.6) is 17.2 Å². The summed E-state index contributed by atoms with van der Waals surface area (Å²) in [6, 6.07) is 19.0. The van der Waals surface area contributed by atoms with E-state index in [1.54, 1.807) is 48.5 Å². The molecule has 0 aromatic heterocycles. The van der Waals surface area contributed by atoms with E-state index in [1.165, 1.54) is 37.6 Å². The molecule has 0 aliphatic carbocycles. The molecule has 0 radical (unpaired) electrons. The van der Waals surface area contributed by atoms with E-state index in [9.17, 15) is 13.2 Å². The lowest BCUT2D eigenvalue weighted by atomic mass is 10.2. The molecule has 1 amide bonds. The summed E-state index contributed by atoms with van der Waals surface area (Å²) in [6.45, 7) is 2.54. The first-order chi connectivity index (χ1) is 15.9. The average Bonchev–Trinajstić information content (AvgIpc) is 2.83. The fourth-order valence-corrected chi connectivity index (χ4v) is 3.72. The van der Waals surface area contributed by atoms with Crippen molar-refractivity contribution >= 4 is 22.2 Å². The first-order valence-corrected chi connectivity index (χ1v) is 11.6. The smallest absolute Gasteiger partial charge is 0.339 e. The Morgan fingerprint density at radius 3 is 2.52 bits per heavy atom. The number of carbonyl (C=O) groups is 1. The highest BCUT2D eigenvalue weighted by atomic mass is 32.2. The van der Waals surface area contributed by atoms with Gasteiger partial charge in [-0.2, -0.15) is 13.5 Å². The lowest BCUT2D eigenvalue weighted by Gasteiger charge is -2.11. The Morgan fingerprint density at radius 2 is 1.79 bits per heavy atom. The number of rotatable bonds is 10. The molecule has 0 bridgehead atoms. The lowest BCUT2D eigenvalue weighted by Crippen LogP contribution is -2.17. The molecule has 3 aromatic rings. The third-order valence-electron chi connectivity index (χ3n) is 4.36. The molecule has 0 heterocycles. The Labute approximate surface area is 192 Å². The molecule has 0 aliphatic rings. The molecule has 0 saturated carbocycles. The van der Waals surface area contributed by atoms with Gasteiger partial charge < -0.3 is 13.7 Å². The molecule has 0 fully saturated rings. The van der Waals surface area contributed by atoms with Crippen LogP contribution >= 0.6 is 0 Å². The molecular weight excluding hydrogens is 444 g/mol. The lowest BCUT2D eigenvalue weighted by molar-refractivity contribution is 0.0954. The predicted octanol–water partition coefficient (Wildman–Crippen LogP) is 4.02. The molecule has 3 aromatic carbocycles. The molecule has 8 nitrogen and oxygen atoms in total. The van der Waals surface area contributed by atoms with Crippen LogP contribution in [0.1, 0.15) is 29.3 Å². The maximum Gasteiger partial charge on any atom is 0.339 e. The van der Waals surface area contributed by atoms with E-state index in [2.05, 4.69) is 10.5 Å². The summed E-state index contributed by atoms with van der Waals surface area (Å²) >= 11 is 0. The minimum absolute atomic E-state index is 0.0536. The number of hydrogen-bond donors (Lipinski definition) is 1. The number of ether oxygens (including phenoxy) is 2. The molecule has 1 N–H and O–H groups in total. The van der Waals surface area contributed by atoms with Crippen LogP contribution in [0.3, 0.4) is 0 Å². The van der Waals surface area contributed by atoms with E-state index in [4.69, 9.17) is 13.7 Å². The third-order valence-corrected chi connectivity index (χ3v) is 5.62. The number of amides is 1. The molecule has 0 unspecified atom stereocenters. The van der Waals surface area contributed by atoms with E-state index in [1.807, 2.05) is 6.92 Å². The maximum absolute atomic E-state index is 12.4. The monoisotopic (exact) mass is 468 g/mol. The molecule has 0 atom stereocenters. The SMILES string of the molecule is CCCOc1ccc(C(=O)N/N=C/c2cccc(OS(=O)(=O)c3ccccc3)c2)cc1OC. The van der Waals surface area contributed by atoms with Crippen molar-refractivity contribution in [1.29, 1.82) is 0 Å². The molecular formula is C24H24N2O6S. The summed E-state index contributed by atoms with van der Waals surface area (Å²) in [6.07, 6.45) is 2.24. The second-order valence-electron chi connectivity index (χ2n) is 6.84. The molecule has 3 rings (SSSR count). The Kier molecular flexibility index (Phi) is 8.04. The standard InChI is InChI=1S/C24H24N2O6S/c1-3-14-31-22-13-12-19(16-23(22)30-2)24(27)26-25-17-18-8-7-9-20(15-18)32-33(28,29)21-10-5-4-6-11-21/h4-13,15-17H,3,14H2,1-2H3,(H,26,27)/b25-17+. The number of nitrogens with zero attached hydrogens (tertiary/aromatic N) is 1. The van der Waals surface area contributed by atoms with Crippen LogP contribution in [0.2, 0.25) is 0 Å². The normalized spacial score (nSPS) is 11.2. The average molecular weight is 469 g/mol. The Balaban J connectivity index is 1.65. The zero-order valence-corrected chi connectivity index (χ0v) is 19.0. The highest BCUT2D eigenvalue weighted by Gasteiger charge is 2.16. The van der Waals surface area contributed by atoms with Crippen LogP contribution in [-0.4, -0.2) is 34.3 Å². The second kappa shape index (κ2) is 11.1. The Bertz CT molecular complexity index is 1230. The summed E-state index contributed by atoms with van der Waals surface area (Å²) in [4.78, 5) is 12.5. The molecule has 0 spiro atoms. The van der Waals surface area contributed by atoms with E-state index in [0.717, 1.165) is 6.42 Å². The summed E-state index contributed by atoms with van der Waals surface area (Å²) in [5, 5.41) is 3.94. The number of methoxy groups -OCH3 is 1. The fourth-order valence-electron chi connectivity index (χ4n) is 2.78. The second-order valence-corrected chi connectivity index (χ2v) is 8.38. The Hall–Kier alpha value is -3.85. The summed E-state index contributed by atoms with van der Waals surface area (Å²) in [5.41, 5.74) is 3.32. The molecule has 9 heteroatoms. The minimum Gasteiger partial charge on any atom is -0.493 e. The first kappa shape index (κ1) is 23.8. The largest absolute Gasteiger partial charge is 0.493 e. The van der Waals surface area contributed by atoms with Crippen molar-refractivity contribution < 1.29 is 26.9 Å². The van der Waals surface area contributed by atoms with Crippen molar-refractivity contribution in [2.45, 2.75) is 18.2 Å². The van der Waals surface area contributed by atoms with Crippen molar-refractivity contribution in [2.75, 3.05) is 13.7 Å². The van der Waals surface area contributed by atoms with Gasteiger partial charge in [0.1, 0.15) is 10.6 Å². The van der Waals surface area contributed by atoms with Crippen molar-refractivity contribution in [3.8, 4) is 17.2 Å². The van der Waals surface area contributed by atoms with E-state index in [-0.39, 0.29) is 10.6 Å². The van der Waals surface area contributed by atoms with Gasteiger partial charge in [0, 0.05) is 5.56 Å². The van der Waals surface area contributed by atoms with Crippen molar-refractivity contribution in [1.82, 2.24) is 5.43 Å². The zero-order chi connectivity index (χ0) is 23.7. The van der Waals surface area contributed by atoms with E-state index < -0.39 is 16.0 Å². The van der Waals surface area contributed by atoms with Gasteiger partial charge in [0.25, 0.3) is 5.91 Å². The van der Waals surface area contributed by atoms with Crippen LogP contribution in [0.25, 0.3) is 0 Å². The van der Waals surface area contributed by atoms with Crippen molar-refractivity contribution in [3.05, 3.63) is 83.9 Å². The third kappa shape index (κ3) is 6.56. The number of hydrogen-bond acceptors (Lipinski definition) is 7. The van der Waals surface area contributed by atoms with Gasteiger partial charge in [-0.15, -0.1) is 0 Å². The van der Waals surface area contributed by atoms with Crippen LogP contribution in [0.15, 0.2) is 82.8 Å². The van der Waals surface area contributed by atoms with Gasteiger partial charge in [-0.05, 0) is 54.4 Å². The number of benzene rings is 3. The molecule has 0 saturated heterocycles. The van der Waals surface area contributed by atoms with E-state index in [0.29, 0.717) is 29.2 Å². The molecule has 0 aliphatic heterocycles. The number of nitrogens with one attached hydrogen (secondary N) is 1. The highest BCUT2D eigenvalue weighted by Crippen LogP contribution is 2.28. The number of carbonyl (C=O) groups excluding carboxylic acids is 1. The summed E-state index contributed by atoms with van der Waals surface area (Å²) in [7, 11) is -2.45. The van der Waals surface area contributed by atoms with E-state index >= 15 is 0 Å². The first-order valence-electron chi connectivity index (χ1n) is 10.2. The van der Waals surface area contributed by atoms with Crippen LogP contribution in [0, 0.1) is 0 Å². The number of hydrazone groups is 1. The zero-order valence-electron chi connectivity index (χ0n) is 18.2. The predicted molar refractivity (Wildman–Crippen MR) is 125 cm³/mol. The highest BCUT2D eigenvalue weighted by molar-refractivity contribution is 7.87. The van der Waals surface area contributed by atoms with Crippen LogP contribution < -0.4 is 19.1 Å². The maximum atomic E-state index is 12.4. The topological polar surface area (TPSA) is 103 Å². The summed E-state index contributed by atoms with van der Waals surface area (Å²) in [5.74, 6) is 0.693. The quantitative estimate of drug-likeness (QED) is 0.274. The van der Waals surface area contributed by atoms with Gasteiger partial charge >= 0.3 is 10.1 Å². The minimum atomic E-state index is -3.95. The van der Waals surface area contributed by atoms with Gasteiger partial charge in [0.2, 0.25) is 0 Å². The van der Waals surface area contributed by atoms with Gasteiger partial charge in [-0.3, -0.25) is 4.79 Å². The van der Waals surface area contributed by atoms with Gasteiger partial charge in [0.15, 0.2) is 11.5 Å². The van der Waals surface area contributed by atoms with Crippen molar-refractivity contribution in [2.24, 2.45) is 5.10 Å². The Morgan fingerprint density at radius 1 is 1.00 bits per heavy atom. The van der Waals surface area contributed by atoms with Crippen LogP contribution in [-0.2, 0) is 10.1 Å². The fraction of sp³-hybridized carbons (Fsp3) is 0.167.